The first-order chi connectivity index (χ1) is 11.9. The summed E-state index contributed by atoms with van der Waals surface area (Å²) in [5.41, 5.74) is 1.37. The van der Waals surface area contributed by atoms with Crippen LogP contribution in [0.15, 0.2) is 47.1 Å². The molecule has 4 atom stereocenters. The Bertz CT molecular complexity index is 908. The van der Waals surface area contributed by atoms with Crippen molar-refractivity contribution in [2.75, 3.05) is 0 Å². The van der Waals surface area contributed by atoms with Gasteiger partial charge in [0.05, 0.1) is 24.4 Å². The molecule has 7 nitrogen and oxygen atoms in total. The van der Waals surface area contributed by atoms with Crippen LogP contribution < -0.4 is 4.72 Å². The maximum Gasteiger partial charge on any atom is 0.471 e. The second-order valence-electron chi connectivity index (χ2n) is 6.44. The Kier molecular flexibility index (Phi) is 4.21. The van der Waals surface area contributed by atoms with Crippen LogP contribution in [0.5, 0.6) is 0 Å². The molecule has 1 aromatic carbocycles. The summed E-state index contributed by atoms with van der Waals surface area (Å²) in [7, 11) is -5.60. The lowest BCUT2D eigenvalue weighted by molar-refractivity contribution is 0.121. The summed E-state index contributed by atoms with van der Waals surface area (Å²) < 4.78 is 38.7. The molecule has 2 bridgehead atoms. The van der Waals surface area contributed by atoms with E-state index in [0.717, 1.165) is 5.39 Å². The lowest BCUT2D eigenvalue weighted by Crippen LogP contribution is -2.51. The Morgan fingerprint density at radius 1 is 1.28 bits per heavy atom. The van der Waals surface area contributed by atoms with Gasteiger partial charge >= 0.3 is 7.12 Å². The van der Waals surface area contributed by atoms with Crippen LogP contribution in [0.3, 0.4) is 0 Å². The highest BCUT2D eigenvalue weighted by Gasteiger charge is 2.46. The van der Waals surface area contributed by atoms with Gasteiger partial charge in [-0.15, -0.1) is 0 Å². The lowest BCUT2D eigenvalue weighted by Gasteiger charge is -2.22. The molecule has 0 spiro atoms. The third-order valence-corrected chi connectivity index (χ3v) is 6.64. The second-order valence-corrected chi connectivity index (χ2v) is 8.37. The summed E-state index contributed by atoms with van der Waals surface area (Å²) in [6.07, 6.45) is 4.93. The van der Waals surface area contributed by atoms with Crippen LogP contribution in [0.2, 0.25) is 0 Å². The van der Waals surface area contributed by atoms with Crippen molar-refractivity contribution >= 4 is 28.1 Å². The zero-order chi connectivity index (χ0) is 17.6. The van der Waals surface area contributed by atoms with Gasteiger partial charge in [-0.05, 0) is 24.5 Å². The number of hydrogen-bond acceptors (Lipinski definition) is 6. The lowest BCUT2D eigenvalue weighted by atomic mass is 9.77. The van der Waals surface area contributed by atoms with Gasteiger partial charge in [-0.2, -0.15) is 0 Å². The van der Waals surface area contributed by atoms with E-state index >= 15 is 0 Å². The molecular formula is C16H18BNO6S. The molecule has 25 heavy (non-hydrogen) atoms. The molecule has 1 fully saturated rings. The number of para-hydroxylation sites is 1. The molecule has 2 aliphatic rings. The van der Waals surface area contributed by atoms with E-state index in [1.807, 2.05) is 24.3 Å². The largest absolute Gasteiger partial charge is 0.471 e. The third-order valence-electron chi connectivity index (χ3n) is 4.75. The van der Waals surface area contributed by atoms with Crippen molar-refractivity contribution in [1.82, 2.24) is 4.72 Å². The number of ether oxygens (including phenoxy) is 1. The minimum atomic E-state index is -3.77. The molecule has 4 rings (SSSR count). The number of sulfonamides is 1. The standard InChI is InChI=1S/C16H18BNO6S/c19-17(20)16(7-10-9-23-13-4-2-1-3-12(10)13)18-25(21,22)15-8-11-5-6-14(15)24-11/h1-6,9,11,14-16,18-20H,7-8H2/t11?,14?,15?,16-/m0/s1. The number of fused-ring (bicyclic) bond motifs is 3. The molecule has 0 aliphatic carbocycles. The van der Waals surface area contributed by atoms with Gasteiger partial charge in [0, 0.05) is 5.39 Å². The van der Waals surface area contributed by atoms with Crippen molar-refractivity contribution in [3.8, 4) is 0 Å². The zero-order valence-corrected chi connectivity index (χ0v) is 14.1. The van der Waals surface area contributed by atoms with Crippen molar-refractivity contribution in [3.63, 3.8) is 0 Å². The molecule has 2 aliphatic heterocycles. The van der Waals surface area contributed by atoms with E-state index in [-0.39, 0.29) is 12.5 Å². The van der Waals surface area contributed by atoms with E-state index in [1.165, 1.54) is 6.26 Å². The molecule has 0 amide bonds. The molecule has 0 saturated carbocycles. The fourth-order valence-electron chi connectivity index (χ4n) is 3.47. The van der Waals surface area contributed by atoms with Gasteiger partial charge in [-0.25, -0.2) is 13.1 Å². The van der Waals surface area contributed by atoms with Crippen LogP contribution in [0.4, 0.5) is 0 Å². The number of hydrogen-bond donors (Lipinski definition) is 3. The summed E-state index contributed by atoms with van der Waals surface area (Å²) >= 11 is 0. The maximum absolute atomic E-state index is 12.7. The molecule has 3 heterocycles. The molecule has 0 radical (unpaired) electrons. The van der Waals surface area contributed by atoms with Crippen molar-refractivity contribution in [1.29, 1.82) is 0 Å². The van der Waals surface area contributed by atoms with E-state index in [2.05, 4.69) is 4.72 Å². The van der Waals surface area contributed by atoms with E-state index < -0.39 is 34.4 Å². The SMILES string of the molecule is O=S(=O)(N[C@@H](Cc1coc2ccccc12)B(O)O)C1CC2C=CC1O2. The summed E-state index contributed by atoms with van der Waals surface area (Å²) in [6, 6.07) is 7.32. The topological polar surface area (TPSA) is 109 Å². The van der Waals surface area contributed by atoms with Crippen LogP contribution in [0.25, 0.3) is 11.0 Å². The molecule has 9 heteroatoms. The monoisotopic (exact) mass is 363 g/mol. The maximum atomic E-state index is 12.7. The Labute approximate surface area is 145 Å². The smallest absolute Gasteiger partial charge is 0.464 e. The van der Waals surface area contributed by atoms with Crippen molar-refractivity contribution in [2.45, 2.75) is 36.2 Å². The van der Waals surface area contributed by atoms with Crippen molar-refractivity contribution in [3.05, 3.63) is 48.2 Å². The first kappa shape index (κ1) is 16.8. The van der Waals surface area contributed by atoms with Crippen LogP contribution >= 0.6 is 0 Å². The predicted octanol–water partition coefficient (Wildman–Crippen LogP) is 0.371. The van der Waals surface area contributed by atoms with Gasteiger partial charge in [0.2, 0.25) is 10.0 Å². The molecule has 132 valence electrons. The van der Waals surface area contributed by atoms with Crippen LogP contribution in [-0.2, 0) is 21.2 Å². The second kappa shape index (κ2) is 6.26. The third kappa shape index (κ3) is 3.13. The highest BCUT2D eigenvalue weighted by molar-refractivity contribution is 7.90. The summed E-state index contributed by atoms with van der Waals surface area (Å²) in [6.45, 7) is 0. The number of benzene rings is 1. The van der Waals surface area contributed by atoms with Crippen molar-refractivity contribution in [2.24, 2.45) is 0 Å². The Hall–Kier alpha value is -1.65. The first-order valence-corrected chi connectivity index (χ1v) is 9.65. The minimum Gasteiger partial charge on any atom is -0.464 e. The quantitative estimate of drug-likeness (QED) is 0.506. The van der Waals surface area contributed by atoms with E-state index in [1.54, 1.807) is 12.1 Å². The first-order valence-electron chi connectivity index (χ1n) is 8.10. The minimum absolute atomic E-state index is 0.103. The van der Waals surface area contributed by atoms with Crippen LogP contribution in [0, 0.1) is 0 Å². The summed E-state index contributed by atoms with van der Waals surface area (Å²) in [5.74, 6) is -1.07. The highest BCUT2D eigenvalue weighted by atomic mass is 32.2. The Morgan fingerprint density at radius 2 is 2.08 bits per heavy atom. The number of rotatable bonds is 6. The molecule has 2 aromatic rings. The van der Waals surface area contributed by atoms with Crippen LogP contribution in [0.1, 0.15) is 12.0 Å². The van der Waals surface area contributed by atoms with E-state index in [0.29, 0.717) is 17.6 Å². The van der Waals surface area contributed by atoms with E-state index in [9.17, 15) is 18.5 Å². The summed E-state index contributed by atoms with van der Waals surface area (Å²) in [5, 5.41) is 19.4. The molecular weight excluding hydrogens is 345 g/mol. The fraction of sp³-hybridized carbons (Fsp3) is 0.375. The predicted molar refractivity (Wildman–Crippen MR) is 92.2 cm³/mol. The normalized spacial score (nSPS) is 26.4. The van der Waals surface area contributed by atoms with Crippen molar-refractivity contribution < 1.29 is 27.6 Å². The van der Waals surface area contributed by atoms with Gasteiger partial charge < -0.3 is 19.2 Å². The van der Waals surface area contributed by atoms with Gasteiger partial charge in [-0.3, -0.25) is 0 Å². The molecule has 1 saturated heterocycles. The molecule has 1 aromatic heterocycles. The fourth-order valence-corrected chi connectivity index (χ4v) is 5.23. The zero-order valence-electron chi connectivity index (χ0n) is 13.3. The summed E-state index contributed by atoms with van der Waals surface area (Å²) in [4.78, 5) is 0. The van der Waals surface area contributed by atoms with Gasteiger partial charge in [0.1, 0.15) is 10.8 Å². The number of nitrogens with one attached hydrogen (secondary N) is 1. The molecule has 3 N–H and O–H groups in total. The average Bonchev–Trinajstić information content (AvgIpc) is 3.29. The Morgan fingerprint density at radius 3 is 2.76 bits per heavy atom. The highest BCUT2D eigenvalue weighted by Crippen LogP contribution is 2.33. The van der Waals surface area contributed by atoms with Crippen LogP contribution in [-0.4, -0.2) is 49.0 Å². The Balaban J connectivity index is 1.54. The van der Waals surface area contributed by atoms with Gasteiger partial charge in [0.15, 0.2) is 0 Å². The average molecular weight is 363 g/mol. The molecule has 3 unspecified atom stereocenters. The van der Waals surface area contributed by atoms with Gasteiger partial charge in [0.25, 0.3) is 0 Å². The van der Waals surface area contributed by atoms with Gasteiger partial charge in [-0.1, -0.05) is 30.4 Å². The van der Waals surface area contributed by atoms with E-state index in [4.69, 9.17) is 9.15 Å². The number of furan rings is 1.